The zero-order valence-electron chi connectivity index (χ0n) is 14.5. The molecule has 146 valence electrons. The maximum absolute atomic E-state index is 12.6. The lowest BCUT2D eigenvalue weighted by molar-refractivity contribution is -0.137. The molecule has 1 aliphatic rings. The van der Waals surface area contributed by atoms with Gasteiger partial charge in [-0.1, -0.05) is 0 Å². The molecule has 1 aromatic rings. The van der Waals surface area contributed by atoms with Crippen molar-refractivity contribution in [3.8, 4) is 0 Å². The third-order valence-corrected chi connectivity index (χ3v) is 5.45. The van der Waals surface area contributed by atoms with E-state index in [0.29, 0.717) is 31.7 Å². The molecule has 2 rings (SSSR count). The van der Waals surface area contributed by atoms with Gasteiger partial charge >= 0.3 is 6.18 Å². The van der Waals surface area contributed by atoms with Crippen LogP contribution >= 0.6 is 0 Å². The molecule has 0 saturated carbocycles. The Hall–Kier alpha value is -1.88. The number of rotatable bonds is 5. The molecule has 1 aliphatic heterocycles. The van der Waals surface area contributed by atoms with Crippen molar-refractivity contribution in [2.24, 2.45) is 0 Å². The minimum absolute atomic E-state index is 0.110. The Morgan fingerprint density at radius 2 is 1.96 bits per heavy atom. The molecule has 0 unspecified atom stereocenters. The minimum Gasteiger partial charge on any atom is -0.356 e. The summed E-state index contributed by atoms with van der Waals surface area (Å²) < 4.78 is 61.3. The van der Waals surface area contributed by atoms with E-state index in [-0.39, 0.29) is 18.5 Å². The Labute approximate surface area is 150 Å². The molecule has 0 aromatic carbocycles. The number of likely N-dealkylation sites (N-methyl/N-ethyl adjacent to an activating group) is 1. The molecule has 0 spiro atoms. The van der Waals surface area contributed by atoms with E-state index >= 15 is 0 Å². The highest BCUT2D eigenvalue weighted by Crippen LogP contribution is 2.29. The van der Waals surface area contributed by atoms with E-state index in [1.807, 2.05) is 4.90 Å². The molecule has 1 fully saturated rings. The number of nitrogens with zero attached hydrogens (tertiary/aromatic N) is 3. The molecule has 0 bridgehead atoms. The van der Waals surface area contributed by atoms with Gasteiger partial charge < -0.3 is 10.2 Å². The monoisotopic (exact) mass is 394 g/mol. The largest absolute Gasteiger partial charge is 0.417 e. The maximum atomic E-state index is 12.6. The number of hydrogen-bond acceptors (Lipinski definition) is 5. The first kappa shape index (κ1) is 20.4. The van der Waals surface area contributed by atoms with E-state index in [1.165, 1.54) is 13.1 Å². The predicted molar refractivity (Wildman–Crippen MR) is 90.1 cm³/mol. The molecular weight excluding hydrogens is 373 g/mol. The third kappa shape index (κ3) is 5.56. The molecule has 1 amide bonds. The van der Waals surface area contributed by atoms with Crippen LogP contribution in [0.5, 0.6) is 0 Å². The molecule has 0 atom stereocenters. The Morgan fingerprint density at radius 1 is 1.35 bits per heavy atom. The number of alkyl halides is 3. The van der Waals surface area contributed by atoms with Crippen LogP contribution in [-0.4, -0.2) is 62.6 Å². The van der Waals surface area contributed by atoms with Crippen molar-refractivity contribution in [1.29, 1.82) is 0 Å². The summed E-state index contributed by atoms with van der Waals surface area (Å²) in [6.07, 6.45) is -1.39. The Bertz CT molecular complexity index is 729. The summed E-state index contributed by atoms with van der Waals surface area (Å²) in [4.78, 5) is 17.6. The van der Waals surface area contributed by atoms with Crippen molar-refractivity contribution in [1.82, 2.24) is 14.6 Å². The van der Waals surface area contributed by atoms with E-state index < -0.39 is 21.8 Å². The second-order valence-electron chi connectivity index (χ2n) is 6.25. The molecule has 2 heterocycles. The summed E-state index contributed by atoms with van der Waals surface area (Å²) in [7, 11) is -2.09. The number of halogens is 3. The van der Waals surface area contributed by atoms with E-state index in [1.54, 1.807) is 0 Å². The van der Waals surface area contributed by atoms with Crippen LogP contribution in [0, 0.1) is 0 Å². The number of carbonyl (C=O) groups is 1. The van der Waals surface area contributed by atoms with E-state index in [9.17, 15) is 26.4 Å². The quantitative estimate of drug-likeness (QED) is 0.808. The molecule has 1 N–H and O–H groups in total. The first-order chi connectivity index (χ1) is 12.0. The lowest BCUT2D eigenvalue weighted by Gasteiger charge is -2.33. The SMILES string of the molecule is CN(CC(=O)NC1CCN(c2ccc(C(F)(F)F)cn2)CC1)S(C)(=O)=O. The van der Waals surface area contributed by atoms with Gasteiger partial charge in [-0.25, -0.2) is 13.4 Å². The number of anilines is 1. The molecule has 1 aromatic heterocycles. The van der Waals surface area contributed by atoms with Crippen molar-refractivity contribution in [3.05, 3.63) is 23.9 Å². The first-order valence-electron chi connectivity index (χ1n) is 7.95. The highest BCUT2D eigenvalue weighted by molar-refractivity contribution is 7.88. The van der Waals surface area contributed by atoms with Crippen molar-refractivity contribution in [2.75, 3.05) is 37.8 Å². The van der Waals surface area contributed by atoms with Gasteiger partial charge in [-0.05, 0) is 25.0 Å². The molecule has 7 nitrogen and oxygen atoms in total. The average molecular weight is 394 g/mol. The number of pyridine rings is 1. The number of amides is 1. The normalized spacial score (nSPS) is 16.8. The molecule has 0 aliphatic carbocycles. The van der Waals surface area contributed by atoms with Gasteiger partial charge in [0.15, 0.2) is 0 Å². The van der Waals surface area contributed by atoms with Crippen LogP contribution < -0.4 is 10.2 Å². The number of sulfonamides is 1. The average Bonchev–Trinajstić information content (AvgIpc) is 2.54. The van der Waals surface area contributed by atoms with Gasteiger partial charge in [-0.2, -0.15) is 17.5 Å². The second kappa shape index (κ2) is 7.78. The number of aromatic nitrogens is 1. The van der Waals surface area contributed by atoms with E-state index in [4.69, 9.17) is 0 Å². The van der Waals surface area contributed by atoms with Gasteiger partial charge in [0.1, 0.15) is 5.82 Å². The summed E-state index contributed by atoms with van der Waals surface area (Å²) in [5, 5.41) is 2.78. The third-order valence-electron chi connectivity index (χ3n) is 4.19. The van der Waals surface area contributed by atoms with Crippen LogP contribution in [0.3, 0.4) is 0 Å². The highest BCUT2D eigenvalue weighted by atomic mass is 32.2. The summed E-state index contributed by atoms with van der Waals surface area (Å²) in [6.45, 7) is 0.815. The molecule has 0 radical (unpaired) electrons. The second-order valence-corrected chi connectivity index (χ2v) is 8.34. The van der Waals surface area contributed by atoms with Crippen LogP contribution in [-0.2, 0) is 21.0 Å². The van der Waals surface area contributed by atoms with E-state index in [2.05, 4.69) is 10.3 Å². The van der Waals surface area contributed by atoms with Crippen molar-refractivity contribution in [2.45, 2.75) is 25.1 Å². The molecular formula is C15H21F3N4O3S. The minimum atomic E-state index is -4.41. The van der Waals surface area contributed by atoms with Gasteiger partial charge in [0.25, 0.3) is 0 Å². The van der Waals surface area contributed by atoms with Crippen LogP contribution in [0.2, 0.25) is 0 Å². The van der Waals surface area contributed by atoms with Crippen LogP contribution in [0.4, 0.5) is 19.0 Å². The first-order valence-corrected chi connectivity index (χ1v) is 9.80. The van der Waals surface area contributed by atoms with Gasteiger partial charge in [0.05, 0.1) is 18.4 Å². The van der Waals surface area contributed by atoms with Crippen LogP contribution in [0.25, 0.3) is 0 Å². The topological polar surface area (TPSA) is 82.6 Å². The zero-order valence-corrected chi connectivity index (χ0v) is 15.3. The summed E-state index contributed by atoms with van der Waals surface area (Å²) in [5.74, 6) is 0.0728. The smallest absolute Gasteiger partial charge is 0.356 e. The molecule has 1 saturated heterocycles. The van der Waals surface area contributed by atoms with Crippen molar-refractivity contribution < 1.29 is 26.4 Å². The maximum Gasteiger partial charge on any atom is 0.417 e. The lowest BCUT2D eigenvalue weighted by atomic mass is 10.0. The van der Waals surface area contributed by atoms with Gasteiger partial charge in [0.2, 0.25) is 15.9 Å². The zero-order chi connectivity index (χ0) is 19.5. The Morgan fingerprint density at radius 3 is 2.42 bits per heavy atom. The van der Waals surface area contributed by atoms with Crippen molar-refractivity contribution >= 4 is 21.7 Å². The highest BCUT2D eigenvalue weighted by Gasteiger charge is 2.31. The Kier molecular flexibility index (Phi) is 6.12. The predicted octanol–water partition coefficient (Wildman–Crippen LogP) is 1.08. The summed E-state index contributed by atoms with van der Waals surface area (Å²) in [6, 6.07) is 2.22. The van der Waals surface area contributed by atoms with E-state index in [0.717, 1.165) is 22.8 Å². The standard InChI is InChI=1S/C15H21F3N4O3S/c1-21(26(2,24)25)10-14(23)20-12-5-7-22(8-6-12)13-4-3-11(9-19-13)15(16,17)18/h3-4,9,12H,5-8,10H2,1-2H3,(H,20,23). The molecule has 11 heteroatoms. The lowest BCUT2D eigenvalue weighted by Crippen LogP contribution is -2.47. The van der Waals surface area contributed by atoms with Crippen LogP contribution in [0.15, 0.2) is 18.3 Å². The fourth-order valence-electron chi connectivity index (χ4n) is 2.59. The van der Waals surface area contributed by atoms with Gasteiger partial charge in [-0.15, -0.1) is 0 Å². The van der Waals surface area contributed by atoms with Crippen LogP contribution in [0.1, 0.15) is 18.4 Å². The van der Waals surface area contributed by atoms with Crippen molar-refractivity contribution in [3.63, 3.8) is 0 Å². The Balaban J connectivity index is 1.84. The summed E-state index contributed by atoms with van der Waals surface area (Å²) in [5.41, 5.74) is -0.793. The fraction of sp³-hybridized carbons (Fsp3) is 0.600. The summed E-state index contributed by atoms with van der Waals surface area (Å²) >= 11 is 0. The van der Waals surface area contributed by atoms with Gasteiger partial charge in [-0.3, -0.25) is 4.79 Å². The number of nitrogens with one attached hydrogen (secondary N) is 1. The van der Waals surface area contributed by atoms with Gasteiger partial charge in [0, 0.05) is 32.4 Å². The number of carbonyl (C=O) groups excluding carboxylic acids is 1. The number of piperidine rings is 1. The molecule has 26 heavy (non-hydrogen) atoms. The fourth-order valence-corrected chi connectivity index (χ4v) is 2.94. The number of hydrogen-bond donors (Lipinski definition) is 1.